The zero-order valence-corrected chi connectivity index (χ0v) is 23.6. The van der Waals surface area contributed by atoms with Gasteiger partial charge in [-0.25, -0.2) is 9.98 Å². The Balaban J connectivity index is 2.13. The van der Waals surface area contributed by atoms with Crippen LogP contribution < -0.4 is 21.7 Å². The van der Waals surface area contributed by atoms with Crippen molar-refractivity contribution in [2.45, 2.75) is 27.7 Å². The van der Waals surface area contributed by atoms with Crippen LogP contribution in [0.5, 0.6) is 0 Å². The topological polar surface area (TPSA) is 79.3 Å². The van der Waals surface area contributed by atoms with Crippen molar-refractivity contribution >= 4 is 63.7 Å². The summed E-state index contributed by atoms with van der Waals surface area (Å²) in [5, 5.41) is 1.27. The summed E-state index contributed by atoms with van der Waals surface area (Å²) >= 11 is 16.5. The molecule has 2 aromatic carbocycles. The number of hydrazine groups is 2. The predicted octanol–water partition coefficient (Wildman–Crippen LogP) is 3.61. The zero-order chi connectivity index (χ0) is 26.3. The Kier molecular flexibility index (Phi) is 12.7. The van der Waals surface area contributed by atoms with Gasteiger partial charge in [-0.05, 0) is 64.3 Å². The number of hydrogen-bond donors (Lipinski definition) is 4. The van der Waals surface area contributed by atoms with Crippen molar-refractivity contribution in [1.29, 1.82) is 0 Å². The van der Waals surface area contributed by atoms with Crippen LogP contribution in [-0.4, -0.2) is 63.0 Å². The quantitative estimate of drug-likeness (QED) is 0.190. The number of nitrogens with zero attached hydrogens (tertiary/aromatic N) is 4. The van der Waals surface area contributed by atoms with Crippen LogP contribution in [-0.2, 0) is 0 Å². The molecule has 0 aromatic heterocycles. The highest BCUT2D eigenvalue weighted by atomic mass is 32.1. The summed E-state index contributed by atoms with van der Waals surface area (Å²) in [4.78, 5) is 13.3. The average Bonchev–Trinajstić information content (AvgIpc) is 2.91. The molecule has 0 heterocycles. The Morgan fingerprint density at radius 2 is 0.917 bits per heavy atom. The first-order valence-electron chi connectivity index (χ1n) is 11.9. The van der Waals surface area contributed by atoms with Crippen LogP contribution >= 0.6 is 36.7 Å². The molecule has 0 aliphatic carbocycles. The van der Waals surface area contributed by atoms with Crippen molar-refractivity contribution < 1.29 is 0 Å². The highest BCUT2D eigenvalue weighted by Crippen LogP contribution is 2.03. The van der Waals surface area contributed by atoms with Crippen molar-refractivity contribution in [3.05, 3.63) is 71.8 Å². The maximum absolute atomic E-state index is 5.53. The molecule has 0 unspecified atom stereocenters. The van der Waals surface area contributed by atoms with Gasteiger partial charge < -0.3 is 9.80 Å². The maximum Gasteiger partial charge on any atom is 0.204 e. The summed E-state index contributed by atoms with van der Waals surface area (Å²) in [6, 6.07) is 19.4. The Labute approximate surface area is 230 Å². The molecule has 0 aliphatic rings. The first-order valence-corrected chi connectivity index (χ1v) is 13.1. The van der Waals surface area contributed by atoms with Crippen LogP contribution in [0.15, 0.2) is 70.6 Å². The number of amidine groups is 2. The van der Waals surface area contributed by atoms with E-state index in [0.717, 1.165) is 37.3 Å². The molecule has 36 heavy (non-hydrogen) atoms. The van der Waals surface area contributed by atoms with Crippen LogP contribution in [0, 0.1) is 0 Å². The summed E-state index contributed by atoms with van der Waals surface area (Å²) in [5.74, 6) is 1.10. The fraction of sp³-hybridized carbons (Fsp3) is 0.320. The molecule has 0 fully saturated rings. The van der Waals surface area contributed by atoms with Crippen LogP contribution in [0.2, 0.25) is 0 Å². The Hall–Kier alpha value is -3.15. The van der Waals surface area contributed by atoms with Crippen LogP contribution in [0.4, 0.5) is 0 Å². The number of thiocarbonyl (C=S) groups is 3. The van der Waals surface area contributed by atoms with E-state index in [1.165, 1.54) is 0 Å². The van der Waals surface area contributed by atoms with Crippen molar-refractivity contribution in [3.63, 3.8) is 0 Å². The van der Waals surface area contributed by atoms with Crippen molar-refractivity contribution in [2.75, 3.05) is 26.2 Å². The number of benzene rings is 2. The summed E-state index contributed by atoms with van der Waals surface area (Å²) in [6.45, 7) is 11.3. The summed E-state index contributed by atoms with van der Waals surface area (Å²) in [5.41, 5.74) is 13.8. The zero-order valence-electron chi connectivity index (χ0n) is 21.1. The van der Waals surface area contributed by atoms with Crippen LogP contribution in [0.25, 0.3) is 0 Å². The predicted molar refractivity (Wildman–Crippen MR) is 162 cm³/mol. The highest BCUT2D eigenvalue weighted by Gasteiger charge is 2.11. The second-order valence-corrected chi connectivity index (χ2v) is 8.53. The fourth-order valence-corrected chi connectivity index (χ4v) is 3.91. The van der Waals surface area contributed by atoms with Crippen molar-refractivity contribution in [2.24, 2.45) is 9.98 Å². The molecule has 0 aliphatic heterocycles. The van der Waals surface area contributed by atoms with E-state index in [-0.39, 0.29) is 5.11 Å². The third kappa shape index (κ3) is 9.14. The van der Waals surface area contributed by atoms with Crippen molar-refractivity contribution in [1.82, 2.24) is 31.5 Å². The van der Waals surface area contributed by atoms with Gasteiger partial charge in [-0.1, -0.05) is 60.7 Å². The highest BCUT2D eigenvalue weighted by molar-refractivity contribution is 7.80. The van der Waals surface area contributed by atoms with Crippen LogP contribution in [0.3, 0.4) is 0 Å². The van der Waals surface area contributed by atoms with E-state index in [9.17, 15) is 0 Å². The maximum atomic E-state index is 5.53. The lowest BCUT2D eigenvalue weighted by Gasteiger charge is -2.21. The number of rotatable bonds is 6. The Bertz CT molecular complexity index is 966. The molecule has 0 radical (unpaired) electrons. The van der Waals surface area contributed by atoms with Gasteiger partial charge in [-0.2, -0.15) is 0 Å². The lowest BCUT2D eigenvalue weighted by molar-refractivity contribution is 0.469. The van der Waals surface area contributed by atoms with E-state index in [0.29, 0.717) is 21.9 Å². The average molecular weight is 543 g/mol. The third-order valence-corrected chi connectivity index (χ3v) is 6.07. The van der Waals surface area contributed by atoms with Gasteiger partial charge >= 0.3 is 0 Å². The molecule has 0 bridgehead atoms. The molecule has 2 rings (SSSR count). The Morgan fingerprint density at radius 1 is 0.583 bits per heavy atom. The van der Waals surface area contributed by atoms with Gasteiger partial charge in [0.15, 0.2) is 21.9 Å². The van der Waals surface area contributed by atoms with Gasteiger partial charge in [-0.3, -0.25) is 21.7 Å². The monoisotopic (exact) mass is 542 g/mol. The molecule has 0 atom stereocenters. The molecule has 0 saturated carbocycles. The Morgan fingerprint density at radius 3 is 1.22 bits per heavy atom. The molecule has 2 aromatic rings. The lowest BCUT2D eigenvalue weighted by Crippen LogP contribution is -2.53. The molecular weight excluding hydrogens is 509 g/mol. The molecule has 8 nitrogen and oxygen atoms in total. The van der Waals surface area contributed by atoms with Gasteiger partial charge in [0.25, 0.3) is 0 Å². The van der Waals surface area contributed by atoms with E-state index < -0.39 is 0 Å². The first kappa shape index (κ1) is 29.1. The van der Waals surface area contributed by atoms with Gasteiger partial charge in [0.2, 0.25) is 5.11 Å². The number of aliphatic imine (C=N–C) groups is 2. The van der Waals surface area contributed by atoms with Crippen molar-refractivity contribution in [3.8, 4) is 0 Å². The summed E-state index contributed by atoms with van der Waals surface area (Å²) in [7, 11) is 0. The molecule has 11 heteroatoms. The molecule has 0 saturated heterocycles. The number of nitrogens with one attached hydrogen (secondary N) is 4. The molecule has 0 amide bonds. The van der Waals surface area contributed by atoms with Gasteiger partial charge in [-0.15, -0.1) is 0 Å². The second kappa shape index (κ2) is 15.8. The normalized spacial score (nSPS) is 11.3. The largest absolute Gasteiger partial charge is 0.348 e. The summed E-state index contributed by atoms with van der Waals surface area (Å²) in [6.07, 6.45) is 0. The molecular formula is C25H34N8S3. The SMILES string of the molecule is CCN(CC)C(=S)/N=C(\NNC(=S)NN/C(=N/C(=S)N(CC)CC)c1ccccc1)c1ccccc1. The molecule has 192 valence electrons. The standard InChI is InChI=1S/C25H34N8S3/c1-5-32(6-2)24(35)26-21(19-15-11-9-12-16-19)28-30-23(34)31-29-22(20-17-13-10-14-18-20)27-25(36)33(7-3)8-4/h9-18H,5-8H2,1-4H3,(H,26,28,35)(H,27,29,36)(H2,30,31,34). The fourth-order valence-electron chi connectivity index (χ4n) is 3.11. The van der Waals surface area contributed by atoms with Gasteiger partial charge in [0.05, 0.1) is 0 Å². The van der Waals surface area contributed by atoms with E-state index >= 15 is 0 Å². The van der Waals surface area contributed by atoms with Gasteiger partial charge in [0, 0.05) is 37.3 Å². The van der Waals surface area contributed by atoms with E-state index in [2.05, 4.69) is 31.7 Å². The smallest absolute Gasteiger partial charge is 0.204 e. The molecule has 4 N–H and O–H groups in total. The summed E-state index contributed by atoms with van der Waals surface area (Å²) < 4.78 is 0. The van der Waals surface area contributed by atoms with E-state index in [1.807, 2.05) is 98.2 Å². The minimum atomic E-state index is 0.282. The van der Waals surface area contributed by atoms with Gasteiger partial charge in [0.1, 0.15) is 0 Å². The first-order chi connectivity index (χ1) is 17.4. The molecule has 0 spiro atoms. The number of hydrogen-bond acceptors (Lipinski definition) is 3. The minimum Gasteiger partial charge on any atom is -0.348 e. The third-order valence-electron chi connectivity index (χ3n) is 5.17. The lowest BCUT2D eigenvalue weighted by atomic mass is 10.2. The minimum absolute atomic E-state index is 0.282. The van der Waals surface area contributed by atoms with E-state index in [4.69, 9.17) is 36.7 Å². The van der Waals surface area contributed by atoms with E-state index in [1.54, 1.807) is 0 Å². The van der Waals surface area contributed by atoms with Crippen LogP contribution in [0.1, 0.15) is 38.8 Å². The second-order valence-electron chi connectivity index (χ2n) is 7.39.